The quantitative estimate of drug-likeness (QED) is 0.319. The number of halogens is 2. The van der Waals surface area contributed by atoms with E-state index in [9.17, 15) is 0 Å². The second-order valence-corrected chi connectivity index (χ2v) is 9.29. The summed E-state index contributed by atoms with van der Waals surface area (Å²) >= 11 is 6.34. The predicted octanol–water partition coefficient (Wildman–Crippen LogP) is 4.36. The van der Waals surface area contributed by atoms with Crippen molar-refractivity contribution >= 4 is 41.5 Å². The Labute approximate surface area is 214 Å². The number of aliphatic imine (C=N–C) groups is 1. The second kappa shape index (κ2) is 12.2. The molecule has 176 valence electrons. The zero-order valence-electron chi connectivity index (χ0n) is 19.2. The first-order chi connectivity index (χ1) is 15.1. The van der Waals surface area contributed by atoms with Crippen molar-refractivity contribution in [1.82, 2.24) is 24.9 Å². The third kappa shape index (κ3) is 6.60. The molecule has 1 aromatic heterocycles. The molecule has 1 aromatic carbocycles. The van der Waals surface area contributed by atoms with Gasteiger partial charge in [-0.2, -0.15) is 5.10 Å². The average molecular weight is 571 g/mol. The Balaban J connectivity index is 0.00000289. The summed E-state index contributed by atoms with van der Waals surface area (Å²) in [5.74, 6) is 2.28. The molecule has 2 fully saturated rings. The number of likely N-dealkylation sites (tertiary alicyclic amines) is 2. The molecule has 8 heteroatoms. The van der Waals surface area contributed by atoms with Crippen LogP contribution in [0, 0.1) is 5.92 Å². The molecule has 0 amide bonds. The Kier molecular flexibility index (Phi) is 9.67. The molecule has 2 saturated heterocycles. The molecule has 1 N–H and O–H groups in total. The number of hydrogen-bond acceptors (Lipinski definition) is 3. The maximum absolute atomic E-state index is 6.34. The van der Waals surface area contributed by atoms with Crippen LogP contribution in [0.4, 0.5) is 0 Å². The monoisotopic (exact) mass is 570 g/mol. The number of guanidine groups is 1. The van der Waals surface area contributed by atoms with Gasteiger partial charge in [0.05, 0.1) is 6.20 Å². The van der Waals surface area contributed by atoms with E-state index in [2.05, 4.69) is 45.5 Å². The van der Waals surface area contributed by atoms with Crippen LogP contribution >= 0.6 is 35.6 Å². The molecule has 6 nitrogen and oxygen atoms in total. The summed E-state index contributed by atoms with van der Waals surface area (Å²) in [6.07, 6.45) is 7.72. The molecule has 2 aliphatic heterocycles. The summed E-state index contributed by atoms with van der Waals surface area (Å²) < 4.78 is 1.90. The number of aromatic nitrogens is 2. The molecule has 0 bridgehead atoms. The molecule has 2 aliphatic rings. The largest absolute Gasteiger partial charge is 0.357 e. The topological polar surface area (TPSA) is 48.7 Å². The molecule has 1 atom stereocenters. The van der Waals surface area contributed by atoms with E-state index in [0.29, 0.717) is 11.8 Å². The van der Waals surface area contributed by atoms with Crippen LogP contribution in [0.5, 0.6) is 0 Å². The maximum atomic E-state index is 6.34. The normalized spacial score (nSPS) is 20.4. The van der Waals surface area contributed by atoms with Gasteiger partial charge in [-0.15, -0.1) is 24.0 Å². The molecule has 32 heavy (non-hydrogen) atoms. The van der Waals surface area contributed by atoms with Gasteiger partial charge in [-0.25, -0.2) is 0 Å². The first kappa shape index (κ1) is 25.3. The number of aryl methyl sites for hydroxylation is 1. The van der Waals surface area contributed by atoms with Crippen molar-refractivity contribution in [3.8, 4) is 0 Å². The van der Waals surface area contributed by atoms with Crippen LogP contribution in [0.1, 0.15) is 43.2 Å². The predicted molar refractivity (Wildman–Crippen MR) is 143 cm³/mol. The number of piperidine rings is 1. The maximum Gasteiger partial charge on any atom is 0.193 e. The van der Waals surface area contributed by atoms with Gasteiger partial charge in [0.1, 0.15) is 0 Å². The van der Waals surface area contributed by atoms with Crippen LogP contribution in [0.25, 0.3) is 0 Å². The number of benzene rings is 1. The van der Waals surface area contributed by atoms with E-state index < -0.39 is 0 Å². The van der Waals surface area contributed by atoms with Crippen molar-refractivity contribution in [3.63, 3.8) is 0 Å². The highest BCUT2D eigenvalue weighted by molar-refractivity contribution is 14.0. The molecule has 0 saturated carbocycles. The summed E-state index contributed by atoms with van der Waals surface area (Å²) in [6, 6.07) is 8.19. The van der Waals surface area contributed by atoms with Gasteiger partial charge in [0.2, 0.25) is 0 Å². The van der Waals surface area contributed by atoms with Gasteiger partial charge in [0.25, 0.3) is 0 Å². The third-order valence-corrected chi connectivity index (χ3v) is 6.95. The Morgan fingerprint density at radius 2 is 1.97 bits per heavy atom. The van der Waals surface area contributed by atoms with E-state index in [1.807, 2.05) is 30.1 Å². The summed E-state index contributed by atoms with van der Waals surface area (Å²) in [5, 5.41) is 8.74. The minimum Gasteiger partial charge on any atom is -0.357 e. The zero-order chi connectivity index (χ0) is 21.6. The van der Waals surface area contributed by atoms with Crippen molar-refractivity contribution in [3.05, 3.63) is 52.8 Å². The molecule has 1 unspecified atom stereocenters. The lowest BCUT2D eigenvalue weighted by Crippen LogP contribution is -2.40. The molecule has 4 rings (SSSR count). The Morgan fingerprint density at radius 1 is 1.19 bits per heavy atom. The zero-order valence-corrected chi connectivity index (χ0v) is 22.3. The fourth-order valence-electron chi connectivity index (χ4n) is 4.71. The summed E-state index contributed by atoms with van der Waals surface area (Å²) in [6.45, 7) is 9.23. The average Bonchev–Trinajstić information content (AvgIpc) is 3.43. The summed E-state index contributed by atoms with van der Waals surface area (Å²) in [5.41, 5.74) is 2.57. The molecule has 3 heterocycles. The van der Waals surface area contributed by atoms with Gasteiger partial charge in [-0.1, -0.05) is 29.8 Å². The standard InChI is InChI=1S/C24H35ClN6.HI/c1-3-26-24(31-13-10-20(18-31)22-15-28-29(2)16-22)27-14-19-8-11-30(12-9-19)17-21-6-4-5-7-23(21)25;/h4-7,15-16,19-20H,3,8-14,17-18H2,1-2H3,(H,26,27);1H. The van der Waals surface area contributed by atoms with Gasteiger partial charge >= 0.3 is 0 Å². The van der Waals surface area contributed by atoms with Crippen LogP contribution in [0.15, 0.2) is 41.7 Å². The lowest BCUT2D eigenvalue weighted by atomic mass is 9.96. The van der Waals surface area contributed by atoms with Crippen molar-refractivity contribution < 1.29 is 0 Å². The van der Waals surface area contributed by atoms with Crippen LogP contribution in [0.3, 0.4) is 0 Å². The highest BCUT2D eigenvalue weighted by Crippen LogP contribution is 2.27. The Morgan fingerprint density at radius 3 is 2.66 bits per heavy atom. The molecular formula is C24H36ClIN6. The molecule has 0 radical (unpaired) electrons. The lowest BCUT2D eigenvalue weighted by molar-refractivity contribution is 0.180. The minimum atomic E-state index is 0. The second-order valence-electron chi connectivity index (χ2n) is 8.88. The van der Waals surface area contributed by atoms with Crippen LogP contribution < -0.4 is 5.32 Å². The molecular weight excluding hydrogens is 535 g/mol. The van der Waals surface area contributed by atoms with Crippen molar-refractivity contribution in [2.45, 2.75) is 38.6 Å². The van der Waals surface area contributed by atoms with E-state index in [-0.39, 0.29) is 24.0 Å². The highest BCUT2D eigenvalue weighted by Gasteiger charge is 2.27. The number of nitrogens with zero attached hydrogens (tertiary/aromatic N) is 5. The lowest BCUT2D eigenvalue weighted by Gasteiger charge is -2.32. The van der Waals surface area contributed by atoms with Gasteiger partial charge in [0, 0.05) is 56.9 Å². The van der Waals surface area contributed by atoms with Crippen LogP contribution in [-0.2, 0) is 13.6 Å². The van der Waals surface area contributed by atoms with Crippen molar-refractivity contribution in [2.24, 2.45) is 18.0 Å². The van der Waals surface area contributed by atoms with E-state index in [1.54, 1.807) is 0 Å². The van der Waals surface area contributed by atoms with Crippen LogP contribution in [0.2, 0.25) is 5.02 Å². The van der Waals surface area contributed by atoms with E-state index in [4.69, 9.17) is 16.6 Å². The summed E-state index contributed by atoms with van der Waals surface area (Å²) in [4.78, 5) is 9.99. The molecule has 2 aromatic rings. The molecule has 0 aliphatic carbocycles. The number of rotatable bonds is 6. The Bertz CT molecular complexity index is 877. The fourth-order valence-corrected chi connectivity index (χ4v) is 4.91. The first-order valence-electron chi connectivity index (χ1n) is 11.6. The third-order valence-electron chi connectivity index (χ3n) is 6.58. The van der Waals surface area contributed by atoms with Gasteiger partial charge < -0.3 is 10.2 Å². The van der Waals surface area contributed by atoms with E-state index in [1.165, 1.54) is 24.0 Å². The SMILES string of the molecule is CCNC(=NCC1CCN(Cc2ccccc2Cl)CC1)N1CCC(c2cnn(C)c2)C1.I. The van der Waals surface area contributed by atoms with E-state index in [0.717, 1.165) is 63.2 Å². The van der Waals surface area contributed by atoms with Gasteiger partial charge in [-0.3, -0.25) is 14.6 Å². The minimum absolute atomic E-state index is 0. The van der Waals surface area contributed by atoms with E-state index >= 15 is 0 Å². The number of nitrogens with one attached hydrogen (secondary N) is 1. The van der Waals surface area contributed by atoms with Gasteiger partial charge in [-0.05, 0) is 62.4 Å². The van der Waals surface area contributed by atoms with Crippen LogP contribution in [-0.4, -0.2) is 64.8 Å². The first-order valence-corrected chi connectivity index (χ1v) is 12.0. The highest BCUT2D eigenvalue weighted by atomic mass is 127. The van der Waals surface area contributed by atoms with Gasteiger partial charge in [0.15, 0.2) is 5.96 Å². The Hall–Kier alpha value is -1.32. The van der Waals surface area contributed by atoms with Crippen molar-refractivity contribution in [1.29, 1.82) is 0 Å². The van der Waals surface area contributed by atoms with Crippen molar-refractivity contribution in [2.75, 3.05) is 39.3 Å². The molecule has 0 spiro atoms. The summed E-state index contributed by atoms with van der Waals surface area (Å²) in [7, 11) is 1.99. The number of hydrogen-bond donors (Lipinski definition) is 1. The fraction of sp³-hybridized carbons (Fsp3) is 0.583. The smallest absolute Gasteiger partial charge is 0.193 e.